The Labute approximate surface area is 115 Å². The molecule has 19 heavy (non-hydrogen) atoms. The molecule has 0 fully saturated rings. The van der Waals surface area contributed by atoms with Crippen LogP contribution < -0.4 is 4.74 Å². The fraction of sp³-hybridized carbons (Fsp3) is 0. The van der Waals surface area contributed by atoms with Crippen LogP contribution >= 0.6 is 23.2 Å². The molecule has 0 saturated heterocycles. The monoisotopic (exact) mass is 303 g/mol. The van der Waals surface area contributed by atoms with E-state index in [-0.39, 0.29) is 21.7 Å². The third-order valence-electron chi connectivity index (χ3n) is 2.01. The van der Waals surface area contributed by atoms with Gasteiger partial charge in [-0.2, -0.15) is 9.37 Å². The van der Waals surface area contributed by atoms with E-state index in [1.807, 2.05) is 0 Å². The predicted octanol–water partition coefficient (Wildman–Crippen LogP) is 3.62. The zero-order valence-corrected chi connectivity index (χ0v) is 10.5. The van der Waals surface area contributed by atoms with Gasteiger partial charge in [0.1, 0.15) is 0 Å². The van der Waals surface area contributed by atoms with Crippen LogP contribution in [0, 0.1) is 15.9 Å². The molecule has 0 N–H and O–H groups in total. The Kier molecular flexibility index (Phi) is 3.77. The third kappa shape index (κ3) is 3.07. The molecule has 9 heteroatoms. The van der Waals surface area contributed by atoms with Gasteiger partial charge in [0.05, 0.1) is 11.1 Å². The second-order valence-electron chi connectivity index (χ2n) is 3.26. The zero-order valence-electron chi connectivity index (χ0n) is 9.01. The van der Waals surface area contributed by atoms with Gasteiger partial charge >= 0.3 is 5.69 Å². The van der Waals surface area contributed by atoms with Gasteiger partial charge in [0.15, 0.2) is 0 Å². The molecule has 0 bridgehead atoms. The first-order valence-electron chi connectivity index (χ1n) is 4.77. The number of hydrogen-bond donors (Lipinski definition) is 0. The Bertz CT molecular complexity index is 654. The first-order chi connectivity index (χ1) is 8.97. The highest BCUT2D eigenvalue weighted by molar-refractivity contribution is 6.30. The van der Waals surface area contributed by atoms with Crippen molar-refractivity contribution < 1.29 is 14.1 Å². The van der Waals surface area contributed by atoms with Crippen molar-refractivity contribution in [2.24, 2.45) is 0 Å². The van der Waals surface area contributed by atoms with Gasteiger partial charge in [0, 0.05) is 17.2 Å². The van der Waals surface area contributed by atoms with Crippen molar-refractivity contribution in [3.8, 4) is 11.6 Å². The Morgan fingerprint density at radius 2 is 2.11 bits per heavy atom. The summed E-state index contributed by atoms with van der Waals surface area (Å²) >= 11 is 11.2. The summed E-state index contributed by atoms with van der Waals surface area (Å²) in [7, 11) is 0. The largest absolute Gasteiger partial charge is 0.429 e. The number of ether oxygens (including phenoxy) is 1. The van der Waals surface area contributed by atoms with Gasteiger partial charge in [0.2, 0.25) is 16.9 Å². The van der Waals surface area contributed by atoms with Crippen LogP contribution in [0.25, 0.3) is 0 Å². The van der Waals surface area contributed by atoms with Crippen LogP contribution in [0.4, 0.5) is 10.1 Å². The normalized spacial score (nSPS) is 10.3. The molecule has 0 unspecified atom stereocenters. The first kappa shape index (κ1) is 13.4. The van der Waals surface area contributed by atoms with E-state index < -0.39 is 16.6 Å². The van der Waals surface area contributed by atoms with Gasteiger partial charge in [-0.15, -0.1) is 0 Å². The van der Waals surface area contributed by atoms with Gasteiger partial charge in [0.25, 0.3) is 5.88 Å². The van der Waals surface area contributed by atoms with Gasteiger partial charge in [-0.05, 0) is 17.7 Å². The molecule has 0 atom stereocenters. The molecule has 2 aromatic rings. The molecule has 1 heterocycles. The lowest BCUT2D eigenvalue weighted by atomic mass is 10.3. The number of rotatable bonds is 3. The summed E-state index contributed by atoms with van der Waals surface area (Å²) in [5.74, 6) is -1.67. The maximum Gasteiger partial charge on any atom is 0.311 e. The lowest BCUT2D eigenvalue weighted by molar-refractivity contribution is -0.385. The summed E-state index contributed by atoms with van der Waals surface area (Å²) in [5, 5.41) is 10.8. The van der Waals surface area contributed by atoms with Gasteiger partial charge in [-0.1, -0.05) is 11.6 Å². The van der Waals surface area contributed by atoms with E-state index >= 15 is 0 Å². The van der Waals surface area contributed by atoms with Gasteiger partial charge in [-0.3, -0.25) is 10.1 Å². The van der Waals surface area contributed by atoms with Crippen LogP contribution in [-0.4, -0.2) is 14.9 Å². The fourth-order valence-corrected chi connectivity index (χ4v) is 1.52. The average molecular weight is 304 g/mol. The Morgan fingerprint density at radius 3 is 2.79 bits per heavy atom. The van der Waals surface area contributed by atoms with E-state index in [0.717, 1.165) is 12.3 Å². The lowest BCUT2D eigenvalue weighted by Crippen LogP contribution is -1.97. The second-order valence-corrected chi connectivity index (χ2v) is 4.04. The van der Waals surface area contributed by atoms with E-state index in [1.54, 1.807) is 0 Å². The van der Waals surface area contributed by atoms with Crippen LogP contribution in [0.5, 0.6) is 11.6 Å². The van der Waals surface area contributed by atoms with Crippen LogP contribution in [-0.2, 0) is 0 Å². The van der Waals surface area contributed by atoms with Crippen LogP contribution in [0.2, 0.25) is 10.3 Å². The Hall–Kier alpha value is -1.99. The molecule has 0 saturated carbocycles. The summed E-state index contributed by atoms with van der Waals surface area (Å²) in [6.45, 7) is 0. The van der Waals surface area contributed by atoms with Crippen molar-refractivity contribution in [1.82, 2.24) is 9.97 Å². The highest BCUT2D eigenvalue weighted by Gasteiger charge is 2.18. The van der Waals surface area contributed by atoms with E-state index in [4.69, 9.17) is 27.9 Å². The molecule has 0 spiro atoms. The highest BCUT2D eigenvalue weighted by atomic mass is 35.5. The minimum atomic E-state index is -0.904. The number of hydrogen-bond acceptors (Lipinski definition) is 5. The molecule has 1 aromatic carbocycles. The van der Waals surface area contributed by atoms with Crippen LogP contribution in [0.1, 0.15) is 0 Å². The third-order valence-corrected chi connectivity index (χ3v) is 2.42. The highest BCUT2D eigenvalue weighted by Crippen LogP contribution is 2.33. The molecule has 0 aliphatic heterocycles. The molecule has 0 aliphatic rings. The number of nitro benzene ring substituents is 1. The van der Waals surface area contributed by atoms with Crippen molar-refractivity contribution in [3.05, 3.63) is 50.6 Å². The average Bonchev–Trinajstić information content (AvgIpc) is 2.33. The maximum absolute atomic E-state index is 13.4. The smallest absolute Gasteiger partial charge is 0.311 e. The molecule has 98 valence electrons. The summed E-state index contributed by atoms with van der Waals surface area (Å²) in [6.07, 6.45) is 0.793. The minimum Gasteiger partial charge on any atom is -0.429 e. The first-order valence-corrected chi connectivity index (χ1v) is 5.53. The molecule has 0 amide bonds. The number of halogens is 3. The molecule has 6 nitrogen and oxygen atoms in total. The fourth-order valence-electron chi connectivity index (χ4n) is 1.23. The van der Waals surface area contributed by atoms with E-state index in [1.165, 1.54) is 12.1 Å². The number of nitro groups is 1. The molecule has 0 radical (unpaired) electrons. The topological polar surface area (TPSA) is 78.2 Å². The molecule has 0 aliphatic carbocycles. The Balaban J connectivity index is 2.45. The van der Waals surface area contributed by atoms with Crippen molar-refractivity contribution in [1.29, 1.82) is 0 Å². The summed E-state index contributed by atoms with van der Waals surface area (Å²) in [4.78, 5) is 17.0. The van der Waals surface area contributed by atoms with Crippen molar-refractivity contribution >= 4 is 28.9 Å². The van der Waals surface area contributed by atoms with Crippen LogP contribution in [0.15, 0.2) is 24.4 Å². The second kappa shape index (κ2) is 5.33. The van der Waals surface area contributed by atoms with Crippen molar-refractivity contribution in [2.75, 3.05) is 0 Å². The van der Waals surface area contributed by atoms with Gasteiger partial charge < -0.3 is 4.74 Å². The molecular formula is C10H4Cl2FN3O3. The standard InChI is InChI=1S/C10H4Cl2FN3O3/c11-5-1-2-7(16(17)18)8(3-5)19-9-6(13)4-14-10(12)15-9/h1-4H. The zero-order chi connectivity index (χ0) is 14.0. The van der Waals surface area contributed by atoms with E-state index in [0.29, 0.717) is 0 Å². The predicted molar refractivity (Wildman–Crippen MR) is 65.2 cm³/mol. The van der Waals surface area contributed by atoms with Crippen LogP contribution in [0.3, 0.4) is 0 Å². The molecule has 1 aromatic heterocycles. The molecular weight excluding hydrogens is 300 g/mol. The van der Waals surface area contributed by atoms with Gasteiger partial charge in [-0.25, -0.2) is 4.98 Å². The summed E-state index contributed by atoms with van der Waals surface area (Å²) < 4.78 is 18.4. The SMILES string of the molecule is O=[N+]([O-])c1ccc(Cl)cc1Oc1nc(Cl)ncc1F. The van der Waals surface area contributed by atoms with Crippen molar-refractivity contribution in [3.63, 3.8) is 0 Å². The summed E-state index contributed by atoms with van der Waals surface area (Å²) in [5.41, 5.74) is -0.376. The Morgan fingerprint density at radius 1 is 1.37 bits per heavy atom. The molecule has 2 rings (SSSR count). The number of aromatic nitrogens is 2. The minimum absolute atomic E-state index is 0.196. The number of nitrogens with zero attached hydrogens (tertiary/aromatic N) is 3. The lowest BCUT2D eigenvalue weighted by Gasteiger charge is -2.06. The summed E-state index contributed by atoms with van der Waals surface area (Å²) in [6, 6.07) is 3.63. The van der Waals surface area contributed by atoms with E-state index in [2.05, 4.69) is 9.97 Å². The number of benzene rings is 1. The maximum atomic E-state index is 13.4. The quantitative estimate of drug-likeness (QED) is 0.491. The van der Waals surface area contributed by atoms with E-state index in [9.17, 15) is 14.5 Å². The van der Waals surface area contributed by atoms with Crippen molar-refractivity contribution in [2.45, 2.75) is 0 Å².